The van der Waals surface area contributed by atoms with E-state index in [1.54, 1.807) is 36.4 Å². The van der Waals surface area contributed by atoms with Crippen LogP contribution < -0.4 is 0 Å². The first kappa shape index (κ1) is 22.2. The predicted octanol–water partition coefficient (Wildman–Crippen LogP) is 5.21. The molecular formula is C22H18N4O3S2. The van der Waals surface area contributed by atoms with E-state index in [0.29, 0.717) is 14.8 Å². The Morgan fingerprint density at radius 1 is 1.39 bits per heavy atom. The fourth-order valence-electron chi connectivity index (χ4n) is 2.87. The standard InChI is InChI=1S/C22H18N4O3S2/c1-3-9-25(13-17-6-4-5-16(10-17)12-23)21(27)18-7-8-20(19(11-18)26(28)29)31-22-24-15(2)14-30-22/h3-8,10-11,14H,1,9,13H2,2H3. The molecule has 31 heavy (non-hydrogen) atoms. The van der Waals surface area contributed by atoms with E-state index in [1.165, 1.54) is 34.1 Å². The molecule has 7 nitrogen and oxygen atoms in total. The van der Waals surface area contributed by atoms with E-state index in [2.05, 4.69) is 17.6 Å². The highest BCUT2D eigenvalue weighted by atomic mass is 32.2. The SMILES string of the molecule is C=CCN(Cc1cccc(C#N)c1)C(=O)c1ccc(Sc2nc(C)cs2)c([N+](=O)[O-])c1. The number of nitro groups is 1. The maximum atomic E-state index is 13.1. The number of benzene rings is 2. The topological polar surface area (TPSA) is 100 Å². The van der Waals surface area contributed by atoms with Gasteiger partial charge in [0.2, 0.25) is 0 Å². The maximum absolute atomic E-state index is 13.1. The Bertz CT molecular complexity index is 1180. The van der Waals surface area contributed by atoms with Crippen molar-refractivity contribution < 1.29 is 9.72 Å². The van der Waals surface area contributed by atoms with Gasteiger partial charge in [0.25, 0.3) is 11.6 Å². The number of aromatic nitrogens is 1. The minimum Gasteiger partial charge on any atom is -0.331 e. The number of hydrogen-bond acceptors (Lipinski definition) is 7. The lowest BCUT2D eigenvalue weighted by atomic mass is 10.1. The lowest BCUT2D eigenvalue weighted by Crippen LogP contribution is -2.30. The van der Waals surface area contributed by atoms with Crippen LogP contribution in [0.1, 0.15) is 27.2 Å². The highest BCUT2D eigenvalue weighted by Crippen LogP contribution is 2.37. The van der Waals surface area contributed by atoms with Crippen molar-refractivity contribution in [2.24, 2.45) is 0 Å². The van der Waals surface area contributed by atoms with Gasteiger partial charge < -0.3 is 4.90 Å². The Morgan fingerprint density at radius 3 is 2.84 bits per heavy atom. The molecule has 0 spiro atoms. The Kier molecular flexibility index (Phi) is 7.18. The average Bonchev–Trinajstić information content (AvgIpc) is 3.17. The molecule has 3 rings (SSSR count). The lowest BCUT2D eigenvalue weighted by Gasteiger charge is -2.21. The van der Waals surface area contributed by atoms with Crippen LogP contribution in [0.4, 0.5) is 5.69 Å². The number of carbonyl (C=O) groups excluding carboxylic acids is 1. The minimum absolute atomic E-state index is 0.145. The van der Waals surface area contributed by atoms with Crippen LogP contribution in [0.15, 0.2) is 69.7 Å². The third-order valence-electron chi connectivity index (χ3n) is 4.26. The number of carbonyl (C=O) groups is 1. The molecule has 156 valence electrons. The van der Waals surface area contributed by atoms with Crippen molar-refractivity contribution in [3.8, 4) is 6.07 Å². The third kappa shape index (κ3) is 5.57. The molecule has 1 heterocycles. The summed E-state index contributed by atoms with van der Waals surface area (Å²) >= 11 is 2.61. The van der Waals surface area contributed by atoms with Crippen molar-refractivity contribution in [3.63, 3.8) is 0 Å². The lowest BCUT2D eigenvalue weighted by molar-refractivity contribution is -0.387. The van der Waals surface area contributed by atoms with Gasteiger partial charge in [-0.25, -0.2) is 4.98 Å². The van der Waals surface area contributed by atoms with E-state index in [0.717, 1.165) is 11.3 Å². The van der Waals surface area contributed by atoms with E-state index in [9.17, 15) is 14.9 Å². The summed E-state index contributed by atoms with van der Waals surface area (Å²) in [7, 11) is 0. The van der Waals surface area contributed by atoms with Crippen LogP contribution in [0.5, 0.6) is 0 Å². The second kappa shape index (κ2) is 10.0. The Morgan fingerprint density at radius 2 is 2.19 bits per heavy atom. The first-order valence-corrected chi connectivity index (χ1v) is 10.9. The second-order valence-electron chi connectivity index (χ2n) is 6.58. The van der Waals surface area contributed by atoms with Crippen molar-refractivity contribution in [2.75, 3.05) is 6.54 Å². The summed E-state index contributed by atoms with van der Waals surface area (Å²) in [5, 5.41) is 22.6. The minimum atomic E-state index is -0.492. The van der Waals surface area contributed by atoms with Crippen LogP contribution in [0.3, 0.4) is 0 Å². The Hall–Kier alpha value is -3.48. The van der Waals surface area contributed by atoms with Crippen LogP contribution >= 0.6 is 23.1 Å². The number of hydrogen-bond donors (Lipinski definition) is 0. The molecule has 9 heteroatoms. The first-order valence-electron chi connectivity index (χ1n) is 9.19. The molecular weight excluding hydrogens is 432 g/mol. The molecule has 0 fully saturated rings. The predicted molar refractivity (Wildman–Crippen MR) is 120 cm³/mol. The molecule has 0 N–H and O–H groups in total. The molecule has 2 aromatic carbocycles. The van der Waals surface area contributed by atoms with Crippen LogP contribution in [-0.4, -0.2) is 27.3 Å². The molecule has 0 aliphatic heterocycles. The van der Waals surface area contributed by atoms with E-state index >= 15 is 0 Å². The molecule has 0 saturated heterocycles. The number of aryl methyl sites for hydroxylation is 1. The van der Waals surface area contributed by atoms with Crippen LogP contribution in [0, 0.1) is 28.4 Å². The van der Waals surface area contributed by atoms with Gasteiger partial charge in [-0.2, -0.15) is 5.26 Å². The van der Waals surface area contributed by atoms with Crippen molar-refractivity contribution in [2.45, 2.75) is 22.7 Å². The summed E-state index contributed by atoms with van der Waals surface area (Å²) in [6.45, 7) is 6.07. The van der Waals surface area contributed by atoms with Crippen molar-refractivity contribution >= 4 is 34.7 Å². The summed E-state index contributed by atoms with van der Waals surface area (Å²) in [6, 6.07) is 13.5. The highest BCUT2D eigenvalue weighted by Gasteiger charge is 2.22. The van der Waals surface area contributed by atoms with Gasteiger partial charge in [-0.15, -0.1) is 17.9 Å². The van der Waals surface area contributed by atoms with Crippen molar-refractivity contribution in [1.29, 1.82) is 5.26 Å². The zero-order chi connectivity index (χ0) is 22.4. The van der Waals surface area contributed by atoms with Gasteiger partial charge in [0.05, 0.1) is 21.5 Å². The van der Waals surface area contributed by atoms with E-state index < -0.39 is 4.92 Å². The number of thiazole rings is 1. The maximum Gasteiger partial charge on any atom is 0.284 e. The molecule has 0 unspecified atom stereocenters. The van der Waals surface area contributed by atoms with E-state index in [1.807, 2.05) is 18.4 Å². The molecule has 0 aliphatic carbocycles. The van der Waals surface area contributed by atoms with Crippen LogP contribution in [0.25, 0.3) is 0 Å². The van der Waals surface area contributed by atoms with Crippen molar-refractivity contribution in [1.82, 2.24) is 9.88 Å². The molecule has 0 atom stereocenters. The van der Waals surface area contributed by atoms with Gasteiger partial charge in [0.15, 0.2) is 4.34 Å². The zero-order valence-corrected chi connectivity index (χ0v) is 18.3. The molecule has 0 saturated carbocycles. The summed E-state index contributed by atoms with van der Waals surface area (Å²) in [6.07, 6.45) is 1.59. The quantitative estimate of drug-likeness (QED) is 0.265. The van der Waals surface area contributed by atoms with Gasteiger partial charge in [-0.3, -0.25) is 14.9 Å². The van der Waals surface area contributed by atoms with Gasteiger partial charge in [0, 0.05) is 35.8 Å². The number of amides is 1. The molecule has 3 aromatic rings. The summed E-state index contributed by atoms with van der Waals surface area (Å²) in [4.78, 5) is 30.6. The third-order valence-corrected chi connectivity index (χ3v) is 6.39. The zero-order valence-electron chi connectivity index (χ0n) is 16.6. The van der Waals surface area contributed by atoms with Crippen LogP contribution in [-0.2, 0) is 6.54 Å². The second-order valence-corrected chi connectivity index (χ2v) is 8.73. The summed E-state index contributed by atoms with van der Waals surface area (Å²) < 4.78 is 0.699. The number of rotatable bonds is 8. The highest BCUT2D eigenvalue weighted by molar-refractivity contribution is 8.01. The number of nitro benzene ring substituents is 1. The summed E-state index contributed by atoms with van der Waals surface area (Å²) in [5.41, 5.74) is 2.20. The number of nitriles is 1. The molecule has 1 amide bonds. The monoisotopic (exact) mass is 450 g/mol. The summed E-state index contributed by atoms with van der Waals surface area (Å²) in [5.74, 6) is -0.355. The van der Waals surface area contributed by atoms with Gasteiger partial charge in [-0.05, 0) is 36.8 Å². The van der Waals surface area contributed by atoms with Gasteiger partial charge >= 0.3 is 0 Å². The van der Waals surface area contributed by atoms with E-state index in [-0.39, 0.29) is 30.2 Å². The Balaban J connectivity index is 1.88. The fraction of sp³-hybridized carbons (Fsp3) is 0.136. The molecule has 1 aromatic heterocycles. The molecule has 0 aliphatic rings. The largest absolute Gasteiger partial charge is 0.331 e. The van der Waals surface area contributed by atoms with Crippen LogP contribution in [0.2, 0.25) is 0 Å². The first-order chi connectivity index (χ1) is 14.9. The smallest absolute Gasteiger partial charge is 0.284 e. The van der Waals surface area contributed by atoms with Gasteiger partial charge in [0.1, 0.15) is 0 Å². The Labute approximate surface area is 187 Å². The normalized spacial score (nSPS) is 10.3. The number of nitrogens with zero attached hydrogens (tertiary/aromatic N) is 4. The molecule has 0 radical (unpaired) electrons. The fourth-order valence-corrected chi connectivity index (χ4v) is 4.75. The van der Waals surface area contributed by atoms with E-state index in [4.69, 9.17) is 5.26 Å². The van der Waals surface area contributed by atoms with Gasteiger partial charge in [-0.1, -0.05) is 30.0 Å². The molecule has 0 bridgehead atoms. The van der Waals surface area contributed by atoms with Crippen molar-refractivity contribution in [3.05, 3.63) is 93.0 Å². The average molecular weight is 451 g/mol.